The van der Waals surface area contributed by atoms with Crippen LogP contribution in [0.2, 0.25) is 0 Å². The molecule has 0 aromatic carbocycles. The predicted molar refractivity (Wildman–Crippen MR) is 92.1 cm³/mol. The van der Waals surface area contributed by atoms with Gasteiger partial charge in [-0.05, 0) is 6.42 Å². The minimum atomic E-state index is -0.574. The van der Waals surface area contributed by atoms with Crippen molar-refractivity contribution in [2.45, 2.75) is 19.9 Å². The van der Waals surface area contributed by atoms with Gasteiger partial charge in [-0.25, -0.2) is 9.97 Å². The fourth-order valence-electron chi connectivity index (χ4n) is 2.59. The molecule has 128 valence electrons. The molecule has 0 atom stereocenters. The summed E-state index contributed by atoms with van der Waals surface area (Å²) in [5, 5.41) is 14.1. The summed E-state index contributed by atoms with van der Waals surface area (Å²) in [6.45, 7) is 6.17. The molecule has 0 spiro atoms. The quantitative estimate of drug-likeness (QED) is 0.635. The summed E-state index contributed by atoms with van der Waals surface area (Å²) in [5.41, 5.74) is 6.49. The number of rotatable bonds is 5. The molecule has 9 nitrogen and oxygen atoms in total. The highest BCUT2D eigenvalue weighted by atomic mass is 32.1. The van der Waals surface area contributed by atoms with Crippen molar-refractivity contribution < 1.29 is 4.92 Å². The number of nitro groups is 1. The normalized spacial score (nSPS) is 15.6. The van der Waals surface area contributed by atoms with Crippen LogP contribution in [0.1, 0.15) is 17.6 Å². The summed E-state index contributed by atoms with van der Waals surface area (Å²) in [4.78, 5) is 27.3. The Morgan fingerprint density at radius 2 is 2.08 bits per heavy atom. The van der Waals surface area contributed by atoms with Gasteiger partial charge in [0.05, 0.1) is 15.6 Å². The lowest BCUT2D eigenvalue weighted by Gasteiger charge is -2.34. The lowest BCUT2D eigenvalue weighted by Crippen LogP contribution is -2.46. The van der Waals surface area contributed by atoms with Gasteiger partial charge in [0, 0.05) is 38.1 Å². The molecule has 0 amide bonds. The van der Waals surface area contributed by atoms with Crippen molar-refractivity contribution in [2.24, 2.45) is 0 Å². The lowest BCUT2D eigenvalue weighted by molar-refractivity contribution is -0.384. The van der Waals surface area contributed by atoms with Gasteiger partial charge in [-0.15, -0.1) is 11.3 Å². The van der Waals surface area contributed by atoms with E-state index in [2.05, 4.69) is 32.2 Å². The third-order valence-corrected chi connectivity index (χ3v) is 4.97. The molecule has 0 bridgehead atoms. The van der Waals surface area contributed by atoms with Crippen LogP contribution in [0.3, 0.4) is 0 Å². The van der Waals surface area contributed by atoms with E-state index in [1.807, 2.05) is 4.90 Å². The Bertz CT molecular complexity index is 728. The van der Waals surface area contributed by atoms with E-state index in [9.17, 15) is 10.1 Å². The molecule has 2 aromatic rings. The van der Waals surface area contributed by atoms with Gasteiger partial charge in [-0.2, -0.15) is 4.98 Å². The maximum Gasteiger partial charge on any atom is 0.329 e. The number of nitrogen functional groups attached to an aromatic ring is 1. The molecule has 1 fully saturated rings. The van der Waals surface area contributed by atoms with E-state index < -0.39 is 4.92 Å². The number of hydrogen-bond donors (Lipinski definition) is 1. The second-order valence-electron chi connectivity index (χ2n) is 5.55. The topological polar surface area (TPSA) is 114 Å². The Hall–Kier alpha value is -2.33. The summed E-state index contributed by atoms with van der Waals surface area (Å²) in [5.74, 6) is 0.349. The smallest absolute Gasteiger partial charge is 0.329 e. The van der Waals surface area contributed by atoms with E-state index in [1.54, 1.807) is 11.3 Å². The van der Waals surface area contributed by atoms with Crippen LogP contribution in [0.25, 0.3) is 0 Å². The summed E-state index contributed by atoms with van der Waals surface area (Å²) < 4.78 is 0. The molecule has 2 N–H and O–H groups in total. The zero-order chi connectivity index (χ0) is 17.1. The van der Waals surface area contributed by atoms with E-state index in [0.717, 1.165) is 44.8 Å². The molecule has 1 saturated heterocycles. The zero-order valence-corrected chi connectivity index (χ0v) is 14.2. The average Bonchev–Trinajstić information content (AvgIpc) is 3.03. The van der Waals surface area contributed by atoms with Crippen LogP contribution in [0.4, 0.5) is 17.5 Å². The molecule has 0 aliphatic carbocycles. The first-order valence-corrected chi connectivity index (χ1v) is 8.62. The number of piperazine rings is 1. The van der Waals surface area contributed by atoms with Crippen molar-refractivity contribution >= 4 is 28.8 Å². The van der Waals surface area contributed by atoms with Crippen molar-refractivity contribution in [3.05, 3.63) is 32.4 Å². The van der Waals surface area contributed by atoms with Crippen LogP contribution in [-0.2, 0) is 13.0 Å². The molecule has 1 aliphatic heterocycles. The summed E-state index contributed by atoms with van der Waals surface area (Å²) in [6, 6.07) is 0. The molecule has 1 aliphatic rings. The van der Waals surface area contributed by atoms with E-state index >= 15 is 0 Å². The largest absolute Gasteiger partial charge is 0.378 e. The maximum absolute atomic E-state index is 10.8. The van der Waals surface area contributed by atoms with Gasteiger partial charge in [0.1, 0.15) is 6.20 Å². The first kappa shape index (κ1) is 16.5. The van der Waals surface area contributed by atoms with Gasteiger partial charge in [0.15, 0.2) is 0 Å². The Morgan fingerprint density at radius 3 is 2.67 bits per heavy atom. The highest BCUT2D eigenvalue weighted by molar-refractivity contribution is 7.09. The molecule has 10 heteroatoms. The first-order chi connectivity index (χ1) is 11.6. The second-order valence-corrected chi connectivity index (χ2v) is 6.49. The van der Waals surface area contributed by atoms with Gasteiger partial charge in [-0.3, -0.25) is 15.0 Å². The van der Waals surface area contributed by atoms with Gasteiger partial charge in [0.2, 0.25) is 11.8 Å². The van der Waals surface area contributed by atoms with Crippen molar-refractivity contribution in [3.8, 4) is 0 Å². The number of hydrogen-bond acceptors (Lipinski definition) is 9. The number of aromatic nitrogens is 3. The van der Waals surface area contributed by atoms with E-state index in [0.29, 0.717) is 5.95 Å². The Balaban J connectivity index is 1.58. The Morgan fingerprint density at radius 1 is 1.33 bits per heavy atom. The minimum absolute atomic E-state index is 0.0954. The number of nitrogens with two attached hydrogens (primary N) is 1. The highest BCUT2D eigenvalue weighted by Crippen LogP contribution is 2.21. The molecule has 3 rings (SSSR count). The van der Waals surface area contributed by atoms with Crippen molar-refractivity contribution in [1.82, 2.24) is 19.9 Å². The molecule has 0 radical (unpaired) electrons. The van der Waals surface area contributed by atoms with Gasteiger partial charge in [0.25, 0.3) is 0 Å². The first-order valence-electron chi connectivity index (χ1n) is 7.74. The van der Waals surface area contributed by atoms with Gasteiger partial charge < -0.3 is 10.6 Å². The fraction of sp³-hybridized carbons (Fsp3) is 0.500. The molecule has 3 heterocycles. The number of nitrogens with zero attached hydrogens (tertiary/aromatic N) is 6. The number of thiazole rings is 1. The van der Waals surface area contributed by atoms with Crippen LogP contribution in [0.15, 0.2) is 11.6 Å². The Kier molecular flexibility index (Phi) is 4.86. The van der Waals surface area contributed by atoms with Crippen LogP contribution >= 0.6 is 11.3 Å². The maximum atomic E-state index is 10.8. The van der Waals surface area contributed by atoms with E-state index in [4.69, 9.17) is 5.73 Å². The van der Waals surface area contributed by atoms with Crippen LogP contribution < -0.4 is 10.6 Å². The minimum Gasteiger partial charge on any atom is -0.378 e. The monoisotopic (exact) mass is 349 g/mol. The average molecular weight is 349 g/mol. The Labute approximate surface area is 143 Å². The molecule has 24 heavy (non-hydrogen) atoms. The predicted octanol–water partition coefficient (Wildman–Crippen LogP) is 1.31. The van der Waals surface area contributed by atoms with Crippen molar-refractivity contribution in [3.63, 3.8) is 0 Å². The summed E-state index contributed by atoms with van der Waals surface area (Å²) >= 11 is 1.70. The highest BCUT2D eigenvalue weighted by Gasteiger charge is 2.22. The van der Waals surface area contributed by atoms with E-state index in [-0.39, 0.29) is 11.5 Å². The molecule has 0 saturated carbocycles. The fourth-order valence-corrected chi connectivity index (χ4v) is 3.33. The van der Waals surface area contributed by atoms with E-state index in [1.165, 1.54) is 11.2 Å². The second kappa shape index (κ2) is 7.05. The van der Waals surface area contributed by atoms with Crippen molar-refractivity contribution in [1.29, 1.82) is 0 Å². The van der Waals surface area contributed by atoms with Crippen LogP contribution in [0, 0.1) is 10.1 Å². The van der Waals surface area contributed by atoms with Crippen molar-refractivity contribution in [2.75, 3.05) is 36.8 Å². The van der Waals surface area contributed by atoms with Crippen LogP contribution in [-0.4, -0.2) is 51.0 Å². The standard InChI is InChI=1S/C14H19N7O2S/c1-2-12-17-10(9-24-12)8-19-3-5-20(6-4-19)14-16-7-11(21(22)23)13(15)18-14/h7,9H,2-6,8H2,1H3,(H2,15,16,18). The molecular formula is C14H19N7O2S. The number of aryl methyl sites for hydroxylation is 1. The van der Waals surface area contributed by atoms with Gasteiger partial charge in [-0.1, -0.05) is 6.92 Å². The zero-order valence-electron chi connectivity index (χ0n) is 13.4. The molecule has 0 unspecified atom stereocenters. The third kappa shape index (κ3) is 3.60. The SMILES string of the molecule is CCc1nc(CN2CCN(c3ncc([N+](=O)[O-])c(N)n3)CC2)cs1. The van der Waals surface area contributed by atoms with Gasteiger partial charge >= 0.3 is 5.69 Å². The lowest BCUT2D eigenvalue weighted by atomic mass is 10.3. The summed E-state index contributed by atoms with van der Waals surface area (Å²) in [7, 11) is 0. The summed E-state index contributed by atoms with van der Waals surface area (Å²) in [6.07, 6.45) is 2.14. The molecule has 2 aromatic heterocycles. The number of anilines is 2. The third-order valence-electron chi connectivity index (χ3n) is 3.92. The van der Waals surface area contributed by atoms with Crippen LogP contribution in [0.5, 0.6) is 0 Å². The molecular weight excluding hydrogens is 330 g/mol.